The van der Waals surface area contributed by atoms with Crippen molar-refractivity contribution in [2.24, 2.45) is 0 Å². The van der Waals surface area contributed by atoms with Gasteiger partial charge >= 0.3 is 5.97 Å². The molecular weight excluding hydrogens is 995 g/mol. The second-order valence-electron chi connectivity index (χ2n) is 25.6. The van der Waals surface area contributed by atoms with E-state index in [9.17, 15) is 19.8 Å². The Balaban J connectivity index is 3.37. The van der Waals surface area contributed by atoms with E-state index in [4.69, 9.17) is 4.74 Å². The van der Waals surface area contributed by atoms with Crippen molar-refractivity contribution in [3.63, 3.8) is 0 Å². The predicted octanol–water partition coefficient (Wildman–Crippen LogP) is 24.1. The average Bonchev–Trinajstić information content (AvgIpc) is 3.47. The summed E-state index contributed by atoms with van der Waals surface area (Å²) in [6.07, 6.45) is 89.9. The third kappa shape index (κ3) is 67.3. The number of amides is 1. The molecule has 0 fully saturated rings. The summed E-state index contributed by atoms with van der Waals surface area (Å²) in [5, 5.41) is 23.2. The van der Waals surface area contributed by atoms with E-state index in [2.05, 4.69) is 31.3 Å². The van der Waals surface area contributed by atoms with E-state index in [0.29, 0.717) is 19.4 Å². The highest BCUT2D eigenvalue weighted by atomic mass is 16.5. The lowest BCUT2D eigenvalue weighted by Gasteiger charge is -2.20. The first kappa shape index (κ1) is 79.3. The number of nitrogens with one attached hydrogen (secondary N) is 1. The molecule has 0 aromatic carbocycles. The van der Waals surface area contributed by atoms with Crippen molar-refractivity contribution in [2.45, 2.75) is 431 Å². The minimum Gasteiger partial charge on any atom is -0.466 e. The highest BCUT2D eigenvalue weighted by Gasteiger charge is 2.18. The summed E-state index contributed by atoms with van der Waals surface area (Å²) in [5.41, 5.74) is 0. The molecule has 0 saturated carbocycles. The quantitative estimate of drug-likeness (QED) is 0.0320. The molecule has 0 spiro atoms. The Bertz CT molecular complexity index is 1270. The van der Waals surface area contributed by atoms with E-state index in [0.717, 1.165) is 38.5 Å². The molecule has 6 heteroatoms. The first-order valence-corrected chi connectivity index (χ1v) is 37.1. The van der Waals surface area contributed by atoms with Gasteiger partial charge in [-0.3, -0.25) is 9.59 Å². The van der Waals surface area contributed by atoms with Gasteiger partial charge in [-0.15, -0.1) is 0 Å². The third-order valence-corrected chi connectivity index (χ3v) is 17.5. The Hall–Kier alpha value is -1.66. The lowest BCUT2D eigenvalue weighted by molar-refractivity contribution is -0.143. The van der Waals surface area contributed by atoms with Gasteiger partial charge < -0.3 is 20.3 Å². The molecule has 0 aliphatic carbocycles. The van der Waals surface area contributed by atoms with Crippen LogP contribution in [0.15, 0.2) is 24.3 Å². The summed E-state index contributed by atoms with van der Waals surface area (Å²) in [6, 6.07) is -0.627. The second-order valence-corrected chi connectivity index (χ2v) is 25.6. The maximum absolute atomic E-state index is 12.5. The summed E-state index contributed by atoms with van der Waals surface area (Å²) in [5.74, 6) is -0.0423. The fraction of sp³-hybridized carbons (Fsp3) is 0.920. The highest BCUT2D eigenvalue weighted by molar-refractivity contribution is 5.76. The molecule has 3 N–H and O–H groups in total. The topological polar surface area (TPSA) is 95.9 Å². The number of carbonyl (C=O) groups excluding carboxylic acids is 2. The molecule has 0 bridgehead atoms. The fourth-order valence-corrected chi connectivity index (χ4v) is 11.8. The fourth-order valence-electron chi connectivity index (χ4n) is 11.8. The Labute approximate surface area is 507 Å². The number of esters is 1. The van der Waals surface area contributed by atoms with Gasteiger partial charge in [-0.05, 0) is 57.8 Å². The van der Waals surface area contributed by atoms with Crippen molar-refractivity contribution in [3.8, 4) is 0 Å². The Morgan fingerprint density at radius 3 is 0.877 bits per heavy atom. The first-order chi connectivity index (χ1) is 40.0. The normalized spacial score (nSPS) is 12.6. The van der Waals surface area contributed by atoms with Crippen molar-refractivity contribution < 1.29 is 24.5 Å². The number of carbonyl (C=O) groups is 2. The number of hydrogen-bond donors (Lipinski definition) is 3. The Kier molecular flexibility index (Phi) is 69.4. The lowest BCUT2D eigenvalue weighted by atomic mass is 10.0. The van der Waals surface area contributed by atoms with Crippen LogP contribution in [0.1, 0.15) is 418 Å². The highest BCUT2D eigenvalue weighted by Crippen LogP contribution is 2.19. The standard InChI is InChI=1S/C75H145NO5/c1-3-5-7-9-11-13-15-17-19-21-37-41-45-49-53-57-61-65-69-75(80)81-70-66-62-58-54-50-46-42-38-34-32-30-28-26-24-22-23-25-27-29-31-33-36-40-44-48-52-56-60-64-68-74(79)76-72(71-77)73(78)67-63-59-55-51-47-43-39-35-20-18-16-14-12-10-8-6-4-2/h22,24,63,67,72-73,77-78H,3-21,23,25-62,64-66,68-71H2,1-2H3,(H,76,79)/b24-22-,67-63+. The molecule has 0 heterocycles. The molecule has 0 aliphatic heterocycles. The smallest absolute Gasteiger partial charge is 0.305 e. The van der Waals surface area contributed by atoms with Crippen LogP contribution < -0.4 is 5.32 Å². The van der Waals surface area contributed by atoms with Crippen LogP contribution in [-0.2, 0) is 14.3 Å². The molecule has 0 aromatic rings. The lowest BCUT2D eigenvalue weighted by Crippen LogP contribution is -2.45. The summed E-state index contributed by atoms with van der Waals surface area (Å²) >= 11 is 0. The first-order valence-electron chi connectivity index (χ1n) is 37.1. The van der Waals surface area contributed by atoms with Gasteiger partial charge in [0.2, 0.25) is 5.91 Å². The molecule has 1 amide bonds. The van der Waals surface area contributed by atoms with Gasteiger partial charge in [0.25, 0.3) is 0 Å². The molecule has 0 saturated heterocycles. The van der Waals surface area contributed by atoms with Crippen LogP contribution in [0, 0.1) is 0 Å². The minimum absolute atomic E-state index is 0.0214. The number of allylic oxidation sites excluding steroid dienone is 3. The molecule has 81 heavy (non-hydrogen) atoms. The monoisotopic (exact) mass is 1140 g/mol. The molecule has 6 nitrogen and oxygen atoms in total. The zero-order chi connectivity index (χ0) is 58.5. The summed E-state index contributed by atoms with van der Waals surface area (Å²) < 4.78 is 5.51. The van der Waals surface area contributed by atoms with E-state index < -0.39 is 12.1 Å². The van der Waals surface area contributed by atoms with E-state index in [1.165, 1.54) is 353 Å². The summed E-state index contributed by atoms with van der Waals surface area (Å²) in [4.78, 5) is 24.6. The van der Waals surface area contributed by atoms with Crippen LogP contribution in [0.2, 0.25) is 0 Å². The molecule has 0 radical (unpaired) electrons. The molecular formula is C75H145NO5. The third-order valence-electron chi connectivity index (χ3n) is 17.5. The number of aliphatic hydroxyl groups is 2. The predicted molar refractivity (Wildman–Crippen MR) is 356 cm³/mol. The zero-order valence-corrected chi connectivity index (χ0v) is 55.0. The van der Waals surface area contributed by atoms with Crippen LogP contribution in [0.25, 0.3) is 0 Å². The summed E-state index contributed by atoms with van der Waals surface area (Å²) in [6.45, 7) is 4.95. The number of unbranched alkanes of at least 4 members (excludes halogenated alkanes) is 57. The molecule has 0 aliphatic rings. The number of aliphatic hydroxyl groups excluding tert-OH is 2. The SMILES string of the molecule is CCCCCCCCCCCCCCCCC/C=C/C(O)C(CO)NC(=O)CCCCCCCCCCCCCCC/C=C\CCCCCCCCCCCCCCOC(=O)CCCCCCCCCCCCCCCCCCCC. The van der Waals surface area contributed by atoms with Crippen molar-refractivity contribution in [2.75, 3.05) is 13.2 Å². The van der Waals surface area contributed by atoms with E-state index in [-0.39, 0.29) is 18.5 Å². The molecule has 2 atom stereocenters. The molecule has 0 rings (SSSR count). The molecule has 2 unspecified atom stereocenters. The van der Waals surface area contributed by atoms with Crippen LogP contribution in [0.3, 0.4) is 0 Å². The number of rotatable bonds is 70. The van der Waals surface area contributed by atoms with Gasteiger partial charge in [-0.2, -0.15) is 0 Å². The maximum atomic E-state index is 12.5. The minimum atomic E-state index is -0.844. The van der Waals surface area contributed by atoms with Gasteiger partial charge in [-0.1, -0.05) is 372 Å². The van der Waals surface area contributed by atoms with Crippen molar-refractivity contribution in [1.82, 2.24) is 5.32 Å². The van der Waals surface area contributed by atoms with Crippen molar-refractivity contribution in [1.29, 1.82) is 0 Å². The summed E-state index contributed by atoms with van der Waals surface area (Å²) in [7, 11) is 0. The van der Waals surface area contributed by atoms with Gasteiger partial charge in [0.15, 0.2) is 0 Å². The van der Waals surface area contributed by atoms with Crippen LogP contribution in [0.4, 0.5) is 0 Å². The molecule has 0 aromatic heterocycles. The largest absolute Gasteiger partial charge is 0.466 e. The van der Waals surface area contributed by atoms with E-state index in [1.54, 1.807) is 6.08 Å². The second kappa shape index (κ2) is 70.8. The van der Waals surface area contributed by atoms with Gasteiger partial charge in [-0.25, -0.2) is 0 Å². The maximum Gasteiger partial charge on any atom is 0.305 e. The van der Waals surface area contributed by atoms with Gasteiger partial charge in [0.05, 0.1) is 25.4 Å². The van der Waals surface area contributed by atoms with Crippen molar-refractivity contribution >= 4 is 11.9 Å². The Morgan fingerprint density at radius 2 is 0.580 bits per heavy atom. The van der Waals surface area contributed by atoms with E-state index in [1.807, 2.05) is 6.08 Å². The van der Waals surface area contributed by atoms with Gasteiger partial charge in [0, 0.05) is 12.8 Å². The van der Waals surface area contributed by atoms with Crippen molar-refractivity contribution in [3.05, 3.63) is 24.3 Å². The van der Waals surface area contributed by atoms with Gasteiger partial charge in [0.1, 0.15) is 0 Å². The van der Waals surface area contributed by atoms with Crippen LogP contribution >= 0.6 is 0 Å². The number of hydrogen-bond acceptors (Lipinski definition) is 5. The number of ether oxygens (including phenoxy) is 1. The average molecular weight is 1140 g/mol. The molecule has 480 valence electrons. The van der Waals surface area contributed by atoms with Crippen LogP contribution in [-0.4, -0.2) is 47.4 Å². The Morgan fingerprint density at radius 1 is 0.333 bits per heavy atom. The zero-order valence-electron chi connectivity index (χ0n) is 55.0. The van der Waals surface area contributed by atoms with E-state index >= 15 is 0 Å². The van der Waals surface area contributed by atoms with Crippen LogP contribution in [0.5, 0.6) is 0 Å².